The molecule has 2 N–H and O–H groups in total. The fourth-order valence-corrected chi connectivity index (χ4v) is 7.57. The van der Waals surface area contributed by atoms with Gasteiger partial charge in [-0.2, -0.15) is 0 Å². The summed E-state index contributed by atoms with van der Waals surface area (Å²) in [5.41, 5.74) is 3.40. The first-order valence-corrected chi connectivity index (χ1v) is 13.8. The largest absolute Gasteiger partial charge is 0.393 e. The Morgan fingerprint density at radius 1 is 1.09 bits per heavy atom. The van der Waals surface area contributed by atoms with E-state index in [1.54, 1.807) is 5.57 Å². The third kappa shape index (κ3) is 5.56. The molecule has 0 bridgehead atoms. The van der Waals surface area contributed by atoms with Crippen molar-refractivity contribution in [3.8, 4) is 0 Å². The predicted octanol–water partition coefficient (Wildman–Crippen LogP) is 6.50. The molecule has 4 heteroatoms. The maximum absolute atomic E-state index is 10.2. The molecule has 0 aromatic carbocycles. The van der Waals surface area contributed by atoms with Crippen molar-refractivity contribution in [3.05, 3.63) is 47.6 Å². The van der Waals surface area contributed by atoms with E-state index in [1.807, 2.05) is 13.8 Å². The van der Waals surface area contributed by atoms with Crippen LogP contribution in [0.5, 0.6) is 0 Å². The molecule has 0 aromatic rings. The number of aliphatic hydroxyl groups is 2. The zero-order valence-electron chi connectivity index (χ0n) is 22.8. The van der Waals surface area contributed by atoms with Crippen LogP contribution >= 0.6 is 0 Å². The molecule has 3 saturated carbocycles. The Hall–Kier alpha value is -1.20. The van der Waals surface area contributed by atoms with Gasteiger partial charge in [-0.15, -0.1) is 0 Å². The van der Waals surface area contributed by atoms with Gasteiger partial charge >= 0.3 is 0 Å². The lowest BCUT2D eigenvalue weighted by Gasteiger charge is -2.46. The number of ether oxygens (including phenoxy) is 2. The molecule has 4 fully saturated rings. The van der Waals surface area contributed by atoms with Gasteiger partial charge in [-0.1, -0.05) is 50.3 Å². The molecule has 4 nitrogen and oxygen atoms in total. The van der Waals surface area contributed by atoms with Crippen molar-refractivity contribution < 1.29 is 19.7 Å². The van der Waals surface area contributed by atoms with Gasteiger partial charge < -0.3 is 19.7 Å². The van der Waals surface area contributed by atoms with Gasteiger partial charge in [0.1, 0.15) is 0 Å². The minimum Gasteiger partial charge on any atom is -0.393 e. The number of fused-ring (bicyclic) bond motifs is 1. The van der Waals surface area contributed by atoms with Gasteiger partial charge in [0.15, 0.2) is 5.79 Å². The molecule has 196 valence electrons. The van der Waals surface area contributed by atoms with Crippen LogP contribution in [0, 0.1) is 29.1 Å². The lowest BCUT2D eigenvalue weighted by Crippen LogP contribution is -2.50. The minimum absolute atomic E-state index is 0.237. The molecular formula is C31H48O4. The van der Waals surface area contributed by atoms with E-state index in [0.29, 0.717) is 42.6 Å². The number of hydrogen-bond acceptors (Lipinski definition) is 4. The van der Waals surface area contributed by atoms with Crippen molar-refractivity contribution in [2.75, 3.05) is 6.61 Å². The molecule has 1 saturated heterocycles. The fraction of sp³-hybridized carbons (Fsp3) is 0.742. The molecular weight excluding hydrogens is 436 g/mol. The number of rotatable bonds is 4. The summed E-state index contributed by atoms with van der Waals surface area (Å²) in [6.45, 7) is 18.0. The molecule has 0 aromatic heterocycles. The second kappa shape index (κ2) is 9.93. The number of hydrogen-bond donors (Lipinski definition) is 2. The molecule has 35 heavy (non-hydrogen) atoms. The molecule has 1 heterocycles. The van der Waals surface area contributed by atoms with E-state index in [2.05, 4.69) is 58.6 Å². The Labute approximate surface area is 213 Å². The Kier molecular flexibility index (Phi) is 7.62. The summed E-state index contributed by atoms with van der Waals surface area (Å²) in [5, 5.41) is 20.3. The highest BCUT2D eigenvalue weighted by Gasteiger charge is 2.50. The van der Waals surface area contributed by atoms with E-state index in [-0.39, 0.29) is 11.5 Å². The Bertz CT molecular complexity index is 894. The van der Waals surface area contributed by atoms with E-state index in [4.69, 9.17) is 9.47 Å². The molecule has 1 aliphatic heterocycles. The van der Waals surface area contributed by atoms with Gasteiger partial charge in [-0.05, 0) is 101 Å². The topological polar surface area (TPSA) is 58.9 Å². The zero-order valence-corrected chi connectivity index (χ0v) is 22.8. The Morgan fingerprint density at radius 2 is 1.83 bits per heavy atom. The number of aliphatic hydroxyl groups excluding tert-OH is 2. The maximum atomic E-state index is 10.2. The van der Waals surface area contributed by atoms with Crippen molar-refractivity contribution in [1.82, 2.24) is 0 Å². The molecule has 4 aliphatic rings. The van der Waals surface area contributed by atoms with Crippen LogP contribution in [0.4, 0.5) is 0 Å². The van der Waals surface area contributed by atoms with Crippen LogP contribution < -0.4 is 0 Å². The quantitative estimate of drug-likeness (QED) is 0.447. The molecule has 7 atom stereocenters. The SMILES string of the molecule is C=C1/C(=C/C=C2\CCC[C@@]3(C)C2CC[C@@H]3[C@H](C)/C=C/[C@@H]2COC(C)(C)OC2(C)C)C[C@@H](O)C[C@@H]1O. The van der Waals surface area contributed by atoms with Crippen molar-refractivity contribution in [3.63, 3.8) is 0 Å². The van der Waals surface area contributed by atoms with E-state index in [0.717, 1.165) is 17.6 Å². The first-order valence-electron chi connectivity index (χ1n) is 13.8. The number of allylic oxidation sites excluding steroid dienone is 4. The second-order valence-electron chi connectivity index (χ2n) is 12.9. The standard InChI is InChI=1S/C31H48O4/c1-20(10-13-24-19-34-30(5,6)35-29(24,3)4)26-14-15-27-22(9-8-16-31(26,27)7)11-12-23-17-25(32)18-28(33)21(23)2/h10-13,20,24-28,32-33H,2,8-9,14-19H2,1,3-7H3/b13-10+,22-11+,23-12+/t20-,24-,25-,26-,27?,28+,31-/m1/s1. The summed E-state index contributed by atoms with van der Waals surface area (Å²) in [6.07, 6.45) is 15.3. The summed E-state index contributed by atoms with van der Waals surface area (Å²) in [6, 6.07) is 0. The van der Waals surface area contributed by atoms with Crippen LogP contribution in [-0.4, -0.2) is 40.4 Å². The van der Waals surface area contributed by atoms with Gasteiger partial charge in [0, 0.05) is 12.3 Å². The maximum Gasteiger partial charge on any atom is 0.163 e. The van der Waals surface area contributed by atoms with Crippen LogP contribution in [0.2, 0.25) is 0 Å². The summed E-state index contributed by atoms with van der Waals surface area (Å²) < 4.78 is 12.2. The zero-order chi connectivity index (χ0) is 25.6. The highest BCUT2D eigenvalue weighted by Crippen LogP contribution is 2.59. The molecule has 4 rings (SSSR count). The van der Waals surface area contributed by atoms with Crippen LogP contribution in [0.15, 0.2) is 47.6 Å². The molecule has 3 aliphatic carbocycles. The van der Waals surface area contributed by atoms with Crippen LogP contribution in [0.1, 0.15) is 86.5 Å². The lowest BCUT2D eigenvalue weighted by molar-refractivity contribution is -0.315. The first-order chi connectivity index (χ1) is 16.3. The summed E-state index contributed by atoms with van der Waals surface area (Å²) >= 11 is 0. The molecule has 0 amide bonds. The van der Waals surface area contributed by atoms with Crippen molar-refractivity contribution in [1.29, 1.82) is 0 Å². The molecule has 0 radical (unpaired) electrons. The van der Waals surface area contributed by atoms with E-state index in [1.165, 1.54) is 25.7 Å². The van der Waals surface area contributed by atoms with Crippen molar-refractivity contribution in [2.24, 2.45) is 29.1 Å². The summed E-state index contributed by atoms with van der Waals surface area (Å²) in [4.78, 5) is 0. The second-order valence-corrected chi connectivity index (χ2v) is 12.9. The van der Waals surface area contributed by atoms with E-state index in [9.17, 15) is 10.2 Å². The Morgan fingerprint density at radius 3 is 2.54 bits per heavy atom. The Balaban J connectivity index is 1.47. The third-order valence-electron chi connectivity index (χ3n) is 9.60. The first kappa shape index (κ1) is 26.9. The molecule has 0 spiro atoms. The van der Waals surface area contributed by atoms with Gasteiger partial charge in [0.25, 0.3) is 0 Å². The van der Waals surface area contributed by atoms with Gasteiger partial charge in [0.05, 0.1) is 24.4 Å². The highest BCUT2D eigenvalue weighted by molar-refractivity contribution is 5.38. The fourth-order valence-electron chi connectivity index (χ4n) is 7.57. The smallest absolute Gasteiger partial charge is 0.163 e. The summed E-state index contributed by atoms with van der Waals surface area (Å²) in [7, 11) is 0. The van der Waals surface area contributed by atoms with E-state index >= 15 is 0 Å². The van der Waals surface area contributed by atoms with Gasteiger partial charge in [-0.25, -0.2) is 0 Å². The average Bonchev–Trinajstić information content (AvgIpc) is 3.11. The normalized spacial score (nSPS) is 42.5. The summed E-state index contributed by atoms with van der Waals surface area (Å²) in [5.74, 6) is 1.52. The van der Waals surface area contributed by atoms with Gasteiger partial charge in [-0.3, -0.25) is 0 Å². The van der Waals surface area contributed by atoms with Crippen LogP contribution in [-0.2, 0) is 9.47 Å². The predicted molar refractivity (Wildman–Crippen MR) is 142 cm³/mol. The van der Waals surface area contributed by atoms with Crippen LogP contribution in [0.3, 0.4) is 0 Å². The van der Waals surface area contributed by atoms with Crippen molar-refractivity contribution in [2.45, 2.75) is 110 Å². The average molecular weight is 485 g/mol. The monoisotopic (exact) mass is 484 g/mol. The van der Waals surface area contributed by atoms with Crippen molar-refractivity contribution >= 4 is 0 Å². The van der Waals surface area contributed by atoms with Crippen LogP contribution in [0.25, 0.3) is 0 Å². The molecule has 1 unspecified atom stereocenters. The minimum atomic E-state index is -0.625. The van der Waals surface area contributed by atoms with Gasteiger partial charge in [0.2, 0.25) is 0 Å². The lowest BCUT2D eigenvalue weighted by atomic mass is 9.61. The highest BCUT2D eigenvalue weighted by atomic mass is 16.7. The van der Waals surface area contributed by atoms with E-state index < -0.39 is 18.0 Å². The third-order valence-corrected chi connectivity index (χ3v) is 9.60.